The van der Waals surface area contributed by atoms with Gasteiger partial charge in [0, 0.05) is 19.3 Å². The van der Waals surface area contributed by atoms with Gasteiger partial charge in [-0.15, -0.1) is 0 Å². The Kier molecular flexibility index (Phi) is 5.83. The Morgan fingerprint density at radius 2 is 1.84 bits per heavy atom. The van der Waals surface area contributed by atoms with E-state index in [-0.39, 0.29) is 17.9 Å². The summed E-state index contributed by atoms with van der Waals surface area (Å²) in [6.45, 7) is 7.89. The molecule has 2 N–H and O–H groups in total. The molecule has 0 aliphatic heterocycles. The Morgan fingerprint density at radius 1 is 1.21 bits per heavy atom. The van der Waals surface area contributed by atoms with Crippen LogP contribution in [0, 0.1) is 0 Å². The first-order chi connectivity index (χ1) is 8.93. The summed E-state index contributed by atoms with van der Waals surface area (Å²) < 4.78 is 4.86. The normalized spacial score (nSPS) is 11.2. The van der Waals surface area contributed by atoms with Gasteiger partial charge in [0.2, 0.25) is 5.91 Å². The monoisotopic (exact) mass is 264 g/mol. The highest BCUT2D eigenvalue weighted by molar-refractivity contribution is 5.80. The summed E-state index contributed by atoms with van der Waals surface area (Å²) in [6.07, 6.45) is 0. The fourth-order valence-electron chi connectivity index (χ4n) is 1.63. The second kappa shape index (κ2) is 7.14. The molecule has 0 aromatic heterocycles. The summed E-state index contributed by atoms with van der Waals surface area (Å²) in [5.41, 5.74) is 2.38. The molecule has 19 heavy (non-hydrogen) atoms. The molecule has 0 aliphatic rings. The number of hydrogen-bond acceptors (Lipinski definition) is 3. The van der Waals surface area contributed by atoms with Gasteiger partial charge in [-0.05, 0) is 23.1 Å². The van der Waals surface area contributed by atoms with E-state index in [1.54, 1.807) is 7.11 Å². The van der Waals surface area contributed by atoms with Gasteiger partial charge in [-0.1, -0.05) is 32.9 Å². The largest absolute Gasteiger partial charge is 0.383 e. The van der Waals surface area contributed by atoms with Gasteiger partial charge in [-0.3, -0.25) is 4.79 Å². The molecule has 4 nitrogen and oxygen atoms in total. The molecule has 1 amide bonds. The van der Waals surface area contributed by atoms with Gasteiger partial charge in [-0.25, -0.2) is 0 Å². The number of nitrogens with one attached hydrogen (secondary N) is 2. The van der Waals surface area contributed by atoms with Crippen molar-refractivity contribution in [2.75, 3.05) is 32.1 Å². The third kappa shape index (κ3) is 5.75. The highest BCUT2D eigenvalue weighted by Crippen LogP contribution is 2.23. The molecule has 0 heterocycles. The van der Waals surface area contributed by atoms with Crippen LogP contribution in [0.2, 0.25) is 0 Å². The van der Waals surface area contributed by atoms with Crippen LogP contribution in [0.3, 0.4) is 0 Å². The highest BCUT2D eigenvalue weighted by atomic mass is 16.5. The molecular weight excluding hydrogens is 240 g/mol. The zero-order valence-electron chi connectivity index (χ0n) is 12.2. The van der Waals surface area contributed by atoms with Crippen LogP contribution in [0.1, 0.15) is 26.3 Å². The molecule has 0 spiro atoms. The van der Waals surface area contributed by atoms with Gasteiger partial charge in [0.05, 0.1) is 13.2 Å². The maximum atomic E-state index is 11.5. The van der Waals surface area contributed by atoms with Crippen LogP contribution in [0.25, 0.3) is 0 Å². The first-order valence-electron chi connectivity index (χ1n) is 6.53. The van der Waals surface area contributed by atoms with Crippen molar-refractivity contribution in [3.05, 3.63) is 29.8 Å². The van der Waals surface area contributed by atoms with Crippen LogP contribution in [-0.2, 0) is 14.9 Å². The molecule has 106 valence electrons. The van der Waals surface area contributed by atoms with Crippen LogP contribution < -0.4 is 10.6 Å². The van der Waals surface area contributed by atoms with E-state index in [1.165, 1.54) is 5.56 Å². The molecule has 0 aliphatic carbocycles. The van der Waals surface area contributed by atoms with Crippen molar-refractivity contribution in [2.45, 2.75) is 26.2 Å². The lowest BCUT2D eigenvalue weighted by molar-refractivity contribution is -0.119. The highest BCUT2D eigenvalue weighted by Gasteiger charge is 2.12. The van der Waals surface area contributed by atoms with Gasteiger partial charge in [-0.2, -0.15) is 0 Å². The minimum atomic E-state index is -0.0306. The van der Waals surface area contributed by atoms with Crippen molar-refractivity contribution in [1.29, 1.82) is 0 Å². The zero-order valence-corrected chi connectivity index (χ0v) is 12.2. The van der Waals surface area contributed by atoms with Gasteiger partial charge in [0.25, 0.3) is 0 Å². The van der Waals surface area contributed by atoms with E-state index in [9.17, 15) is 4.79 Å². The van der Waals surface area contributed by atoms with Gasteiger partial charge >= 0.3 is 0 Å². The Labute approximate surface area is 115 Å². The summed E-state index contributed by atoms with van der Waals surface area (Å²) in [4.78, 5) is 11.5. The van der Waals surface area contributed by atoms with Crippen LogP contribution in [-0.4, -0.2) is 32.7 Å². The second-order valence-electron chi connectivity index (χ2n) is 5.52. The minimum absolute atomic E-state index is 0.0306. The molecular formula is C15H24N2O2. The van der Waals surface area contributed by atoms with Crippen LogP contribution in [0.15, 0.2) is 24.3 Å². The maximum absolute atomic E-state index is 11.5. The Bertz CT molecular complexity index is 394. The third-order valence-corrected chi connectivity index (χ3v) is 2.83. The minimum Gasteiger partial charge on any atom is -0.383 e. The summed E-state index contributed by atoms with van der Waals surface area (Å²) >= 11 is 0. The Hall–Kier alpha value is -1.55. The lowest BCUT2D eigenvalue weighted by atomic mass is 9.87. The molecule has 1 rings (SSSR count). The lowest BCUT2D eigenvalue weighted by Gasteiger charge is -2.19. The molecule has 0 atom stereocenters. The van der Waals surface area contributed by atoms with E-state index in [2.05, 4.69) is 43.5 Å². The molecule has 1 aromatic rings. The van der Waals surface area contributed by atoms with Crippen molar-refractivity contribution in [3.63, 3.8) is 0 Å². The van der Waals surface area contributed by atoms with Gasteiger partial charge < -0.3 is 15.4 Å². The number of ether oxygens (including phenoxy) is 1. The SMILES string of the molecule is COCCNC(=O)CNc1ccc(C(C)(C)C)cc1. The van der Waals surface area contributed by atoms with Crippen LogP contribution in [0.4, 0.5) is 5.69 Å². The number of carbonyl (C=O) groups is 1. The maximum Gasteiger partial charge on any atom is 0.239 e. The molecule has 0 saturated heterocycles. The fourth-order valence-corrected chi connectivity index (χ4v) is 1.63. The Morgan fingerprint density at radius 3 is 2.37 bits per heavy atom. The predicted molar refractivity (Wildman–Crippen MR) is 78.5 cm³/mol. The number of methoxy groups -OCH3 is 1. The quantitative estimate of drug-likeness (QED) is 0.774. The number of benzene rings is 1. The molecule has 4 heteroatoms. The van der Waals surface area contributed by atoms with Crippen molar-refractivity contribution in [2.24, 2.45) is 0 Å². The predicted octanol–water partition coefficient (Wildman–Crippen LogP) is 2.16. The van der Waals surface area contributed by atoms with E-state index >= 15 is 0 Å². The number of anilines is 1. The molecule has 1 aromatic carbocycles. The average Bonchev–Trinajstić information content (AvgIpc) is 2.36. The van der Waals surface area contributed by atoms with E-state index < -0.39 is 0 Å². The van der Waals surface area contributed by atoms with Gasteiger partial charge in [0.15, 0.2) is 0 Å². The van der Waals surface area contributed by atoms with Gasteiger partial charge in [0.1, 0.15) is 0 Å². The summed E-state index contributed by atoms with van der Waals surface area (Å²) in [7, 11) is 1.61. The van der Waals surface area contributed by atoms with Crippen LogP contribution in [0.5, 0.6) is 0 Å². The average molecular weight is 264 g/mol. The topological polar surface area (TPSA) is 50.4 Å². The van der Waals surface area contributed by atoms with Crippen molar-refractivity contribution >= 4 is 11.6 Å². The van der Waals surface area contributed by atoms with Crippen molar-refractivity contribution in [1.82, 2.24) is 5.32 Å². The standard InChI is InChI=1S/C15H24N2O2/c1-15(2,3)12-5-7-13(8-6-12)17-11-14(18)16-9-10-19-4/h5-8,17H,9-11H2,1-4H3,(H,16,18). The van der Waals surface area contributed by atoms with E-state index in [0.717, 1.165) is 5.69 Å². The molecule has 0 fully saturated rings. The van der Waals surface area contributed by atoms with E-state index in [4.69, 9.17) is 4.74 Å². The fraction of sp³-hybridized carbons (Fsp3) is 0.533. The number of amides is 1. The van der Waals surface area contributed by atoms with Crippen LogP contribution >= 0.6 is 0 Å². The number of hydrogen-bond donors (Lipinski definition) is 2. The van der Waals surface area contributed by atoms with Crippen molar-refractivity contribution < 1.29 is 9.53 Å². The smallest absolute Gasteiger partial charge is 0.239 e. The summed E-state index contributed by atoms with van der Waals surface area (Å²) in [6, 6.07) is 8.18. The first kappa shape index (κ1) is 15.5. The first-order valence-corrected chi connectivity index (χ1v) is 6.53. The Balaban J connectivity index is 2.40. The van der Waals surface area contributed by atoms with Crippen molar-refractivity contribution in [3.8, 4) is 0 Å². The molecule has 0 bridgehead atoms. The number of rotatable bonds is 6. The van der Waals surface area contributed by atoms with E-state index in [0.29, 0.717) is 13.2 Å². The molecule has 0 radical (unpaired) electrons. The molecule has 0 unspecified atom stereocenters. The third-order valence-electron chi connectivity index (χ3n) is 2.83. The lowest BCUT2D eigenvalue weighted by Crippen LogP contribution is -2.32. The van der Waals surface area contributed by atoms with E-state index in [1.807, 2.05) is 12.1 Å². The second-order valence-corrected chi connectivity index (χ2v) is 5.52. The summed E-state index contributed by atoms with van der Waals surface area (Å²) in [5, 5.41) is 5.86. The number of carbonyl (C=O) groups excluding carboxylic acids is 1. The zero-order chi connectivity index (χ0) is 14.3. The molecule has 0 saturated carbocycles. The summed E-state index contributed by atoms with van der Waals surface area (Å²) in [5.74, 6) is -0.0306.